The molecule has 120 valence electrons. The average molecular weight is 301 g/mol. The van der Waals surface area contributed by atoms with E-state index in [0.717, 1.165) is 49.4 Å². The fourth-order valence-electron chi connectivity index (χ4n) is 3.74. The Balaban J connectivity index is 1.79. The van der Waals surface area contributed by atoms with Crippen molar-refractivity contribution in [3.63, 3.8) is 0 Å². The van der Waals surface area contributed by atoms with Crippen molar-refractivity contribution < 1.29 is 4.79 Å². The van der Waals surface area contributed by atoms with Gasteiger partial charge in [-0.2, -0.15) is 0 Å². The van der Waals surface area contributed by atoms with Gasteiger partial charge in [-0.15, -0.1) is 0 Å². The molecule has 1 unspecified atom stereocenters. The van der Waals surface area contributed by atoms with E-state index in [9.17, 15) is 4.79 Å². The number of nitrogens with zero attached hydrogens (tertiary/aromatic N) is 2. The number of amides is 1. The maximum absolute atomic E-state index is 13.0. The third-order valence-corrected chi connectivity index (χ3v) is 5.10. The third-order valence-electron chi connectivity index (χ3n) is 5.10. The predicted molar refractivity (Wildman–Crippen MR) is 91.0 cm³/mol. The van der Waals surface area contributed by atoms with Crippen molar-refractivity contribution in [2.24, 2.45) is 0 Å². The van der Waals surface area contributed by atoms with Crippen LogP contribution in [0.2, 0.25) is 0 Å². The van der Waals surface area contributed by atoms with Crippen molar-refractivity contribution in [3.05, 3.63) is 23.8 Å². The molecule has 0 aliphatic carbocycles. The minimum atomic E-state index is -0.0366. The molecule has 1 fully saturated rings. The van der Waals surface area contributed by atoms with Crippen molar-refractivity contribution >= 4 is 17.3 Å². The Labute approximate surface area is 133 Å². The Hall–Kier alpha value is -1.55. The van der Waals surface area contributed by atoms with Gasteiger partial charge in [0.25, 0.3) is 0 Å². The lowest BCUT2D eigenvalue weighted by Gasteiger charge is -2.35. The summed E-state index contributed by atoms with van der Waals surface area (Å²) in [6, 6.07) is 5.89. The van der Waals surface area contributed by atoms with Gasteiger partial charge in [-0.25, -0.2) is 0 Å². The molecule has 0 bridgehead atoms. The highest BCUT2D eigenvalue weighted by Gasteiger charge is 2.30. The molecule has 2 N–H and O–H groups in total. The molecule has 1 aromatic rings. The normalized spacial score (nSPS) is 21.0. The zero-order chi connectivity index (χ0) is 15.5. The van der Waals surface area contributed by atoms with Crippen LogP contribution in [-0.4, -0.2) is 36.5 Å². The van der Waals surface area contributed by atoms with Crippen LogP contribution >= 0.6 is 0 Å². The molecule has 1 amide bonds. The minimum Gasteiger partial charge on any atom is -0.398 e. The molecule has 3 rings (SSSR count). The van der Waals surface area contributed by atoms with E-state index in [2.05, 4.69) is 11.8 Å². The topological polar surface area (TPSA) is 49.6 Å². The number of carbonyl (C=O) groups excluding carboxylic acids is 1. The second-order valence-electron chi connectivity index (χ2n) is 6.56. The maximum atomic E-state index is 13.0. The van der Waals surface area contributed by atoms with Crippen LogP contribution in [0.5, 0.6) is 0 Å². The average Bonchev–Trinajstić information content (AvgIpc) is 2.83. The lowest BCUT2D eigenvalue weighted by molar-refractivity contribution is -0.123. The van der Waals surface area contributed by atoms with Crippen LogP contribution in [0.15, 0.2) is 18.2 Å². The number of hydrogen-bond donors (Lipinski definition) is 1. The standard InChI is InChI=1S/C18H27N3O/c1-14(20-11-4-2-3-5-12-20)18(22)21-13-7-8-15-16(19)9-6-10-17(15)21/h6,9-10,14H,2-5,7-8,11-13,19H2,1H3. The van der Waals surface area contributed by atoms with E-state index in [4.69, 9.17) is 5.73 Å². The first-order valence-corrected chi connectivity index (χ1v) is 8.61. The summed E-state index contributed by atoms with van der Waals surface area (Å²) in [6.07, 6.45) is 6.98. The maximum Gasteiger partial charge on any atom is 0.244 e. The molecule has 1 saturated heterocycles. The molecule has 0 spiro atoms. The Morgan fingerprint density at radius 2 is 1.82 bits per heavy atom. The number of anilines is 2. The van der Waals surface area contributed by atoms with Gasteiger partial charge in [-0.1, -0.05) is 18.9 Å². The van der Waals surface area contributed by atoms with E-state index >= 15 is 0 Å². The first-order valence-electron chi connectivity index (χ1n) is 8.61. The molecule has 4 heteroatoms. The first-order chi connectivity index (χ1) is 10.7. The molecule has 22 heavy (non-hydrogen) atoms. The summed E-state index contributed by atoms with van der Waals surface area (Å²) in [4.78, 5) is 17.3. The zero-order valence-corrected chi connectivity index (χ0v) is 13.6. The molecule has 0 aromatic heterocycles. The molecule has 4 nitrogen and oxygen atoms in total. The molecular weight excluding hydrogens is 274 g/mol. The van der Waals surface area contributed by atoms with Gasteiger partial charge in [0, 0.05) is 17.9 Å². The predicted octanol–water partition coefficient (Wildman–Crippen LogP) is 2.81. The number of rotatable bonds is 2. The smallest absolute Gasteiger partial charge is 0.244 e. The SMILES string of the molecule is CC(C(=O)N1CCCc2c(N)cccc21)N1CCCCCC1. The van der Waals surface area contributed by atoms with E-state index in [1.807, 2.05) is 23.1 Å². The van der Waals surface area contributed by atoms with E-state index in [0.29, 0.717) is 0 Å². The number of fused-ring (bicyclic) bond motifs is 1. The largest absolute Gasteiger partial charge is 0.398 e. The number of carbonyl (C=O) groups is 1. The summed E-state index contributed by atoms with van der Waals surface area (Å²) in [6.45, 7) is 4.97. The van der Waals surface area contributed by atoms with Gasteiger partial charge in [-0.3, -0.25) is 9.69 Å². The summed E-state index contributed by atoms with van der Waals surface area (Å²) in [5, 5.41) is 0. The Morgan fingerprint density at radius 3 is 2.55 bits per heavy atom. The monoisotopic (exact) mass is 301 g/mol. The van der Waals surface area contributed by atoms with Crippen LogP contribution in [0.1, 0.15) is 44.6 Å². The number of nitrogen functional groups attached to an aromatic ring is 1. The van der Waals surface area contributed by atoms with Crippen molar-refractivity contribution in [1.29, 1.82) is 0 Å². The van der Waals surface area contributed by atoms with Gasteiger partial charge >= 0.3 is 0 Å². The van der Waals surface area contributed by atoms with Crippen molar-refractivity contribution in [2.75, 3.05) is 30.3 Å². The zero-order valence-electron chi connectivity index (χ0n) is 13.6. The van der Waals surface area contributed by atoms with E-state index in [-0.39, 0.29) is 11.9 Å². The van der Waals surface area contributed by atoms with E-state index < -0.39 is 0 Å². The molecule has 0 saturated carbocycles. The second-order valence-corrected chi connectivity index (χ2v) is 6.56. The molecule has 2 aliphatic rings. The highest BCUT2D eigenvalue weighted by Crippen LogP contribution is 2.32. The second kappa shape index (κ2) is 6.69. The highest BCUT2D eigenvalue weighted by atomic mass is 16.2. The van der Waals surface area contributed by atoms with Crippen LogP contribution < -0.4 is 10.6 Å². The van der Waals surface area contributed by atoms with E-state index in [1.165, 1.54) is 25.7 Å². The molecule has 1 atom stereocenters. The van der Waals surface area contributed by atoms with Crippen LogP contribution in [0, 0.1) is 0 Å². The Kier molecular flexibility index (Phi) is 4.67. The third kappa shape index (κ3) is 2.98. The number of benzene rings is 1. The van der Waals surface area contributed by atoms with Gasteiger partial charge in [0.1, 0.15) is 0 Å². The lowest BCUT2D eigenvalue weighted by Crippen LogP contribution is -2.49. The van der Waals surface area contributed by atoms with Crippen LogP contribution in [0.4, 0.5) is 11.4 Å². The quantitative estimate of drug-likeness (QED) is 0.855. The fraction of sp³-hybridized carbons (Fsp3) is 0.611. The lowest BCUT2D eigenvalue weighted by atomic mass is 9.99. The molecular formula is C18H27N3O. The molecule has 2 heterocycles. The molecule has 0 radical (unpaired) electrons. The molecule has 1 aromatic carbocycles. The van der Waals surface area contributed by atoms with Gasteiger partial charge in [-0.05, 0) is 63.4 Å². The summed E-state index contributed by atoms with van der Waals surface area (Å²) in [5.74, 6) is 0.230. The Morgan fingerprint density at radius 1 is 1.09 bits per heavy atom. The van der Waals surface area contributed by atoms with Gasteiger partial charge in [0.2, 0.25) is 5.91 Å². The number of hydrogen-bond acceptors (Lipinski definition) is 3. The fourth-order valence-corrected chi connectivity index (χ4v) is 3.74. The number of nitrogens with two attached hydrogens (primary N) is 1. The van der Waals surface area contributed by atoms with Crippen molar-refractivity contribution in [1.82, 2.24) is 4.90 Å². The van der Waals surface area contributed by atoms with Gasteiger partial charge in [0.05, 0.1) is 6.04 Å². The Bertz CT molecular complexity index is 535. The summed E-state index contributed by atoms with van der Waals surface area (Å²) in [5.41, 5.74) is 9.08. The van der Waals surface area contributed by atoms with Crippen LogP contribution in [-0.2, 0) is 11.2 Å². The summed E-state index contributed by atoms with van der Waals surface area (Å²) >= 11 is 0. The summed E-state index contributed by atoms with van der Waals surface area (Å²) in [7, 11) is 0. The van der Waals surface area contributed by atoms with Gasteiger partial charge < -0.3 is 10.6 Å². The van der Waals surface area contributed by atoms with Gasteiger partial charge in [0.15, 0.2) is 0 Å². The van der Waals surface area contributed by atoms with E-state index in [1.54, 1.807) is 0 Å². The highest BCUT2D eigenvalue weighted by molar-refractivity contribution is 5.98. The minimum absolute atomic E-state index is 0.0366. The first kappa shape index (κ1) is 15.3. The van der Waals surface area contributed by atoms with Crippen molar-refractivity contribution in [2.45, 2.75) is 51.5 Å². The molecule has 2 aliphatic heterocycles. The van der Waals surface area contributed by atoms with Crippen molar-refractivity contribution in [3.8, 4) is 0 Å². The van der Waals surface area contributed by atoms with Crippen LogP contribution in [0.25, 0.3) is 0 Å². The number of likely N-dealkylation sites (tertiary alicyclic amines) is 1. The van der Waals surface area contributed by atoms with Crippen LogP contribution in [0.3, 0.4) is 0 Å². The summed E-state index contributed by atoms with van der Waals surface area (Å²) < 4.78 is 0.